The molecule has 7 heteroatoms. The van der Waals surface area contributed by atoms with E-state index in [1.54, 1.807) is 18.2 Å². The van der Waals surface area contributed by atoms with Crippen LogP contribution in [0.4, 0.5) is 4.39 Å². The zero-order valence-electron chi connectivity index (χ0n) is 10.9. The number of amides is 1. The van der Waals surface area contributed by atoms with Crippen LogP contribution in [-0.2, 0) is 9.59 Å². The van der Waals surface area contributed by atoms with E-state index in [1.165, 1.54) is 17.0 Å². The summed E-state index contributed by atoms with van der Waals surface area (Å²) in [5, 5.41) is 10.4. The van der Waals surface area contributed by atoms with Crippen molar-refractivity contribution in [1.29, 1.82) is 0 Å². The number of carboxylic acids is 1. The number of carbonyl (C=O) groups is 2. The molecule has 0 N–H and O–H groups in total. The van der Waals surface area contributed by atoms with Crippen molar-refractivity contribution in [1.82, 2.24) is 4.90 Å². The zero-order chi connectivity index (χ0) is 15.4. The van der Waals surface area contributed by atoms with E-state index < -0.39 is 11.8 Å². The third-order valence-electron chi connectivity index (χ3n) is 2.83. The molecule has 1 fully saturated rings. The molecule has 1 aromatic rings. The summed E-state index contributed by atoms with van der Waals surface area (Å²) in [4.78, 5) is 24.2. The predicted octanol–water partition coefficient (Wildman–Crippen LogP) is 1.56. The van der Waals surface area contributed by atoms with Gasteiger partial charge in [0.1, 0.15) is 10.1 Å². The molecule has 0 aliphatic carbocycles. The van der Waals surface area contributed by atoms with Crippen LogP contribution in [0.5, 0.6) is 0 Å². The van der Waals surface area contributed by atoms with Gasteiger partial charge < -0.3 is 9.90 Å². The molecule has 1 aromatic carbocycles. The normalized spacial score (nSPS) is 16.8. The SMILES string of the molecule is O=C([O-])CCCN1C(=O)/C(=C\c2ccccc2F)SC1=S. The van der Waals surface area contributed by atoms with Crippen molar-refractivity contribution in [3.05, 3.63) is 40.6 Å². The number of hydrogen-bond acceptors (Lipinski definition) is 5. The maximum Gasteiger partial charge on any atom is 0.266 e. The summed E-state index contributed by atoms with van der Waals surface area (Å²) in [5.74, 6) is -1.91. The van der Waals surface area contributed by atoms with E-state index in [0.29, 0.717) is 14.8 Å². The van der Waals surface area contributed by atoms with Crippen molar-refractivity contribution in [3.63, 3.8) is 0 Å². The summed E-state index contributed by atoms with van der Waals surface area (Å²) in [5.41, 5.74) is 0.313. The summed E-state index contributed by atoms with van der Waals surface area (Å²) in [6, 6.07) is 6.12. The van der Waals surface area contributed by atoms with Gasteiger partial charge in [0.2, 0.25) is 0 Å². The van der Waals surface area contributed by atoms with Gasteiger partial charge in [0.25, 0.3) is 5.91 Å². The van der Waals surface area contributed by atoms with Gasteiger partial charge in [0.15, 0.2) is 0 Å². The Labute approximate surface area is 130 Å². The molecule has 0 saturated carbocycles. The first kappa shape index (κ1) is 15.7. The largest absolute Gasteiger partial charge is 0.550 e. The highest BCUT2D eigenvalue weighted by atomic mass is 32.2. The van der Waals surface area contributed by atoms with Gasteiger partial charge in [-0.3, -0.25) is 9.69 Å². The highest BCUT2D eigenvalue weighted by molar-refractivity contribution is 8.26. The number of carboxylic acid groups (broad SMARTS) is 1. The van der Waals surface area contributed by atoms with Crippen LogP contribution < -0.4 is 5.11 Å². The Hall–Kier alpha value is -1.73. The Morgan fingerprint density at radius 2 is 2.14 bits per heavy atom. The average Bonchev–Trinajstić information content (AvgIpc) is 2.68. The van der Waals surface area contributed by atoms with Crippen LogP contribution in [-0.4, -0.2) is 27.6 Å². The van der Waals surface area contributed by atoms with Crippen LogP contribution >= 0.6 is 24.0 Å². The number of thiocarbonyl (C=S) groups is 1. The molecule has 2 rings (SSSR count). The number of hydrogen-bond donors (Lipinski definition) is 0. The third kappa shape index (κ3) is 3.89. The molecule has 1 heterocycles. The smallest absolute Gasteiger partial charge is 0.266 e. The van der Waals surface area contributed by atoms with Crippen LogP contribution in [0.3, 0.4) is 0 Å². The lowest BCUT2D eigenvalue weighted by molar-refractivity contribution is -0.305. The van der Waals surface area contributed by atoms with Crippen molar-refractivity contribution in [3.8, 4) is 0 Å². The van der Waals surface area contributed by atoms with Gasteiger partial charge >= 0.3 is 0 Å². The van der Waals surface area contributed by atoms with E-state index in [0.717, 1.165) is 11.8 Å². The van der Waals surface area contributed by atoms with Gasteiger partial charge in [-0.15, -0.1) is 0 Å². The Kier molecular flexibility index (Phi) is 5.08. The fourth-order valence-corrected chi connectivity index (χ4v) is 3.11. The van der Waals surface area contributed by atoms with E-state index in [1.807, 2.05) is 0 Å². The molecule has 1 saturated heterocycles. The van der Waals surface area contributed by atoms with Gasteiger partial charge in [-0.2, -0.15) is 0 Å². The first-order valence-electron chi connectivity index (χ1n) is 6.19. The van der Waals surface area contributed by atoms with Crippen LogP contribution in [0.1, 0.15) is 18.4 Å². The predicted molar refractivity (Wildman–Crippen MR) is 80.5 cm³/mol. The molecule has 0 radical (unpaired) electrons. The number of benzene rings is 1. The lowest BCUT2D eigenvalue weighted by Gasteiger charge is -2.14. The summed E-state index contributed by atoms with van der Waals surface area (Å²) >= 11 is 6.18. The van der Waals surface area contributed by atoms with E-state index in [4.69, 9.17) is 12.2 Å². The third-order valence-corrected chi connectivity index (χ3v) is 4.21. The molecule has 21 heavy (non-hydrogen) atoms. The monoisotopic (exact) mass is 324 g/mol. The Bertz CT molecular complexity index is 630. The highest BCUT2D eigenvalue weighted by Gasteiger charge is 2.31. The number of rotatable bonds is 5. The van der Waals surface area contributed by atoms with E-state index in [-0.39, 0.29) is 25.3 Å². The molecule has 0 spiro atoms. The van der Waals surface area contributed by atoms with Crippen molar-refractivity contribution in [2.24, 2.45) is 0 Å². The number of aliphatic carboxylic acids is 1. The van der Waals surface area contributed by atoms with E-state index in [2.05, 4.69) is 0 Å². The topological polar surface area (TPSA) is 60.4 Å². The average molecular weight is 324 g/mol. The van der Waals surface area contributed by atoms with Gasteiger partial charge in [0.05, 0.1) is 4.91 Å². The number of halogens is 1. The second-order valence-corrected chi connectivity index (χ2v) is 6.01. The Morgan fingerprint density at radius 3 is 2.81 bits per heavy atom. The zero-order valence-corrected chi connectivity index (χ0v) is 12.5. The molecule has 0 unspecified atom stereocenters. The summed E-state index contributed by atoms with van der Waals surface area (Å²) in [7, 11) is 0. The summed E-state index contributed by atoms with van der Waals surface area (Å²) in [6.45, 7) is 0.216. The van der Waals surface area contributed by atoms with Gasteiger partial charge in [-0.1, -0.05) is 42.2 Å². The van der Waals surface area contributed by atoms with Crippen LogP contribution in [0.15, 0.2) is 29.2 Å². The molecule has 4 nitrogen and oxygen atoms in total. The highest BCUT2D eigenvalue weighted by Crippen LogP contribution is 2.33. The fourth-order valence-electron chi connectivity index (χ4n) is 1.81. The van der Waals surface area contributed by atoms with Gasteiger partial charge in [-0.05, 0) is 25.0 Å². The van der Waals surface area contributed by atoms with Gasteiger partial charge in [0, 0.05) is 18.1 Å². The molecule has 1 aliphatic heterocycles. The Balaban J connectivity index is 2.11. The van der Waals surface area contributed by atoms with Crippen molar-refractivity contribution >= 4 is 46.3 Å². The van der Waals surface area contributed by atoms with Crippen molar-refractivity contribution < 1.29 is 19.1 Å². The molecule has 110 valence electrons. The quantitative estimate of drug-likeness (QED) is 0.608. The minimum absolute atomic E-state index is 0.135. The van der Waals surface area contributed by atoms with Crippen LogP contribution in [0, 0.1) is 5.82 Å². The number of carbonyl (C=O) groups excluding carboxylic acids is 2. The fraction of sp³-hybridized carbons (Fsp3) is 0.214. The molecule has 1 aliphatic rings. The molecule has 0 bridgehead atoms. The molecule has 1 amide bonds. The minimum atomic E-state index is -1.16. The second-order valence-electron chi connectivity index (χ2n) is 4.33. The lowest BCUT2D eigenvalue weighted by Crippen LogP contribution is -2.30. The maximum atomic E-state index is 13.6. The van der Waals surface area contributed by atoms with Crippen molar-refractivity contribution in [2.45, 2.75) is 12.8 Å². The minimum Gasteiger partial charge on any atom is -0.550 e. The van der Waals surface area contributed by atoms with Gasteiger partial charge in [-0.25, -0.2) is 4.39 Å². The van der Waals surface area contributed by atoms with E-state index in [9.17, 15) is 19.1 Å². The summed E-state index contributed by atoms with van der Waals surface area (Å²) in [6.07, 6.45) is 1.58. The first-order chi connectivity index (χ1) is 9.99. The maximum absolute atomic E-state index is 13.6. The molecule has 0 atom stereocenters. The molecular formula is C14H11FNO3S2-. The Morgan fingerprint density at radius 1 is 1.43 bits per heavy atom. The number of nitrogens with zero attached hydrogens (tertiary/aromatic N) is 1. The standard InChI is InChI=1S/C14H12FNO3S2/c15-10-5-2-1-4-9(10)8-11-13(19)16(14(20)21-11)7-3-6-12(17)18/h1-2,4-5,8H,3,6-7H2,(H,17,18)/p-1/b11-8+. The first-order valence-corrected chi connectivity index (χ1v) is 7.41. The summed E-state index contributed by atoms with van der Waals surface area (Å²) < 4.78 is 13.9. The second kappa shape index (κ2) is 6.82. The molecular weight excluding hydrogens is 313 g/mol. The lowest BCUT2D eigenvalue weighted by atomic mass is 10.2. The van der Waals surface area contributed by atoms with E-state index >= 15 is 0 Å². The number of thioether (sulfide) groups is 1. The van der Waals surface area contributed by atoms with Crippen LogP contribution in [0.2, 0.25) is 0 Å². The van der Waals surface area contributed by atoms with Crippen LogP contribution in [0.25, 0.3) is 6.08 Å². The molecule has 0 aromatic heterocycles. The van der Waals surface area contributed by atoms with Crippen molar-refractivity contribution in [2.75, 3.05) is 6.54 Å².